The van der Waals surface area contributed by atoms with Gasteiger partial charge in [0.25, 0.3) is 5.91 Å². The molecule has 0 aliphatic carbocycles. The lowest BCUT2D eigenvalue weighted by Gasteiger charge is -2.15. The van der Waals surface area contributed by atoms with Gasteiger partial charge in [-0.05, 0) is 44.0 Å². The quantitative estimate of drug-likeness (QED) is 0.756. The van der Waals surface area contributed by atoms with E-state index in [1.165, 1.54) is 0 Å². The molecule has 2 amide bonds. The smallest absolute Gasteiger partial charge is 0.279 e. The van der Waals surface area contributed by atoms with Crippen LogP contribution >= 0.6 is 0 Å². The molecule has 22 heavy (non-hydrogen) atoms. The molecule has 0 fully saturated rings. The molecule has 0 aliphatic heterocycles. The first-order valence-corrected chi connectivity index (χ1v) is 7.40. The number of amides is 2. The number of benzene rings is 1. The average molecular weight is 308 g/mol. The van der Waals surface area contributed by atoms with E-state index in [9.17, 15) is 9.59 Å². The zero-order valence-corrected chi connectivity index (χ0v) is 13.5. The summed E-state index contributed by atoms with van der Waals surface area (Å²) in [6.45, 7) is 7.97. The van der Waals surface area contributed by atoms with Crippen LogP contribution in [0.1, 0.15) is 34.1 Å². The molecule has 6 nitrogen and oxygen atoms in total. The number of carbonyl (C=O) groups is 2. The van der Waals surface area contributed by atoms with Gasteiger partial charge in [-0.25, -0.2) is 0 Å². The van der Waals surface area contributed by atoms with E-state index in [1.54, 1.807) is 31.2 Å². The van der Waals surface area contributed by atoms with Gasteiger partial charge in [0.15, 0.2) is 6.10 Å². The third-order valence-electron chi connectivity index (χ3n) is 2.74. The molecule has 0 aliphatic rings. The minimum absolute atomic E-state index is 0.225. The monoisotopic (exact) mass is 308 g/mol. The number of ether oxygens (including phenoxy) is 2. The molecule has 0 heterocycles. The number of nitrogens with one attached hydrogen (secondary N) is 2. The predicted octanol–water partition coefficient (Wildman–Crippen LogP) is 2.05. The highest BCUT2D eigenvalue weighted by molar-refractivity contribution is 5.84. The van der Waals surface area contributed by atoms with Gasteiger partial charge in [-0.15, -0.1) is 0 Å². The van der Waals surface area contributed by atoms with Crippen LogP contribution in [0, 0.1) is 5.92 Å². The molecule has 1 rings (SSSR count). The number of hydrogen-bond donors (Lipinski definition) is 2. The van der Waals surface area contributed by atoms with E-state index < -0.39 is 12.0 Å². The lowest BCUT2D eigenvalue weighted by Crippen LogP contribution is -2.47. The molecule has 0 unspecified atom stereocenters. The highest BCUT2D eigenvalue weighted by atomic mass is 16.5. The van der Waals surface area contributed by atoms with Crippen molar-refractivity contribution in [2.75, 3.05) is 6.61 Å². The number of carbonyl (C=O) groups excluding carboxylic acids is 2. The average Bonchev–Trinajstić information content (AvgIpc) is 2.46. The molecule has 6 heteroatoms. The van der Waals surface area contributed by atoms with Crippen LogP contribution in [0.3, 0.4) is 0 Å². The SMILES string of the molecule is CCOc1ccc(O[C@@H](C)C(=O)NNC(=O)CC(C)C)cc1. The second-order valence-corrected chi connectivity index (χ2v) is 5.30. The molecule has 1 atom stereocenters. The molecule has 0 bridgehead atoms. The van der Waals surface area contributed by atoms with E-state index in [1.807, 2.05) is 20.8 Å². The maximum Gasteiger partial charge on any atom is 0.279 e. The van der Waals surface area contributed by atoms with Gasteiger partial charge in [-0.2, -0.15) is 0 Å². The molecular formula is C16H24N2O4. The van der Waals surface area contributed by atoms with Crippen molar-refractivity contribution in [3.8, 4) is 11.5 Å². The van der Waals surface area contributed by atoms with Crippen molar-refractivity contribution in [1.29, 1.82) is 0 Å². The van der Waals surface area contributed by atoms with Crippen LogP contribution in [-0.2, 0) is 9.59 Å². The maximum absolute atomic E-state index is 11.8. The highest BCUT2D eigenvalue weighted by Crippen LogP contribution is 2.18. The Bertz CT molecular complexity index is 485. The first kappa shape index (κ1) is 17.8. The summed E-state index contributed by atoms with van der Waals surface area (Å²) >= 11 is 0. The second kappa shape index (κ2) is 8.92. The van der Waals surface area contributed by atoms with Crippen molar-refractivity contribution in [2.24, 2.45) is 5.92 Å². The Balaban J connectivity index is 2.41. The predicted molar refractivity (Wildman–Crippen MR) is 83.4 cm³/mol. The molecular weight excluding hydrogens is 284 g/mol. The Kier molecular flexibility index (Phi) is 7.22. The van der Waals surface area contributed by atoms with Gasteiger partial charge in [0.2, 0.25) is 5.91 Å². The first-order valence-electron chi connectivity index (χ1n) is 7.40. The fraction of sp³-hybridized carbons (Fsp3) is 0.500. The lowest BCUT2D eigenvalue weighted by atomic mass is 10.1. The van der Waals surface area contributed by atoms with E-state index in [-0.39, 0.29) is 11.8 Å². The minimum Gasteiger partial charge on any atom is -0.494 e. The van der Waals surface area contributed by atoms with Crippen LogP contribution in [0.15, 0.2) is 24.3 Å². The number of rotatable bonds is 7. The van der Waals surface area contributed by atoms with Crippen molar-refractivity contribution in [3.63, 3.8) is 0 Å². The molecule has 0 saturated carbocycles. The summed E-state index contributed by atoms with van der Waals surface area (Å²) in [6, 6.07) is 7.00. The summed E-state index contributed by atoms with van der Waals surface area (Å²) in [6.07, 6.45) is -0.369. The summed E-state index contributed by atoms with van der Waals surface area (Å²) in [5, 5.41) is 0. The standard InChI is InChI=1S/C16H24N2O4/c1-5-21-13-6-8-14(9-7-13)22-12(4)16(20)18-17-15(19)10-11(2)3/h6-9,11-12H,5,10H2,1-4H3,(H,17,19)(H,18,20)/t12-/m0/s1. The molecule has 2 N–H and O–H groups in total. The first-order chi connectivity index (χ1) is 10.4. The second-order valence-electron chi connectivity index (χ2n) is 5.30. The molecule has 0 radical (unpaired) electrons. The van der Waals surface area contributed by atoms with E-state index in [2.05, 4.69) is 10.9 Å². The van der Waals surface area contributed by atoms with Crippen LogP contribution in [0.25, 0.3) is 0 Å². The van der Waals surface area contributed by atoms with Crippen LogP contribution < -0.4 is 20.3 Å². The fourth-order valence-electron chi connectivity index (χ4n) is 1.69. The van der Waals surface area contributed by atoms with Crippen LogP contribution in [-0.4, -0.2) is 24.5 Å². The Morgan fingerprint density at radius 2 is 1.64 bits per heavy atom. The van der Waals surface area contributed by atoms with Gasteiger partial charge >= 0.3 is 0 Å². The van der Waals surface area contributed by atoms with Gasteiger partial charge < -0.3 is 9.47 Å². The maximum atomic E-state index is 11.8. The molecule has 0 aromatic heterocycles. The summed E-state index contributed by atoms with van der Waals surface area (Å²) in [5.41, 5.74) is 4.72. The van der Waals surface area contributed by atoms with Gasteiger partial charge in [0, 0.05) is 6.42 Å². The Hall–Kier alpha value is -2.24. The number of hydrogen-bond acceptors (Lipinski definition) is 4. The van der Waals surface area contributed by atoms with Gasteiger partial charge in [-0.1, -0.05) is 13.8 Å². The molecule has 0 spiro atoms. The summed E-state index contributed by atoms with van der Waals surface area (Å²) in [4.78, 5) is 23.3. The Labute approximate surface area is 131 Å². The van der Waals surface area contributed by atoms with Gasteiger partial charge in [0.05, 0.1) is 6.61 Å². The highest BCUT2D eigenvalue weighted by Gasteiger charge is 2.15. The minimum atomic E-state index is -0.725. The van der Waals surface area contributed by atoms with Crippen molar-refractivity contribution >= 4 is 11.8 Å². The van der Waals surface area contributed by atoms with Crippen molar-refractivity contribution < 1.29 is 19.1 Å². The molecule has 0 saturated heterocycles. The van der Waals surface area contributed by atoms with E-state index in [0.717, 1.165) is 5.75 Å². The summed E-state index contributed by atoms with van der Waals surface area (Å²) in [7, 11) is 0. The van der Waals surface area contributed by atoms with Crippen molar-refractivity contribution in [1.82, 2.24) is 10.9 Å². The summed E-state index contributed by atoms with van der Waals surface area (Å²) < 4.78 is 10.8. The largest absolute Gasteiger partial charge is 0.494 e. The van der Waals surface area contributed by atoms with Gasteiger partial charge in [-0.3, -0.25) is 20.4 Å². The molecule has 122 valence electrons. The Morgan fingerprint density at radius 1 is 1.05 bits per heavy atom. The third kappa shape index (κ3) is 6.47. The Morgan fingerprint density at radius 3 is 2.18 bits per heavy atom. The lowest BCUT2D eigenvalue weighted by molar-refractivity contribution is -0.133. The van der Waals surface area contributed by atoms with Crippen molar-refractivity contribution in [2.45, 2.75) is 40.2 Å². The van der Waals surface area contributed by atoms with E-state index in [0.29, 0.717) is 18.8 Å². The molecule has 1 aromatic carbocycles. The normalized spacial score (nSPS) is 11.7. The van der Waals surface area contributed by atoms with Gasteiger partial charge in [0.1, 0.15) is 11.5 Å². The topological polar surface area (TPSA) is 76.7 Å². The van der Waals surface area contributed by atoms with E-state index >= 15 is 0 Å². The van der Waals surface area contributed by atoms with Crippen LogP contribution in [0.2, 0.25) is 0 Å². The van der Waals surface area contributed by atoms with Crippen LogP contribution in [0.4, 0.5) is 0 Å². The molecule has 1 aromatic rings. The van der Waals surface area contributed by atoms with E-state index in [4.69, 9.17) is 9.47 Å². The zero-order chi connectivity index (χ0) is 16.5. The zero-order valence-electron chi connectivity index (χ0n) is 13.5. The van der Waals surface area contributed by atoms with Crippen molar-refractivity contribution in [3.05, 3.63) is 24.3 Å². The summed E-state index contributed by atoms with van der Waals surface area (Å²) in [5.74, 6) is 0.893. The third-order valence-corrected chi connectivity index (χ3v) is 2.74. The number of hydrazine groups is 1. The van der Waals surface area contributed by atoms with Crippen LogP contribution in [0.5, 0.6) is 11.5 Å². The fourth-order valence-corrected chi connectivity index (χ4v) is 1.69.